The first kappa shape index (κ1) is 14.5. The molecular weight excluding hydrogens is 253 g/mol. The van der Waals surface area contributed by atoms with Gasteiger partial charge in [0.25, 0.3) is 0 Å². The topological polar surface area (TPSA) is 35.2 Å². The van der Waals surface area contributed by atoms with E-state index in [2.05, 4.69) is 6.07 Å². The molecule has 20 heavy (non-hydrogen) atoms. The molecule has 0 bridgehead atoms. The molecule has 0 saturated heterocycles. The molecule has 2 aromatic rings. The van der Waals surface area contributed by atoms with Crippen molar-refractivity contribution >= 4 is 0 Å². The standard InChI is InChI=1S/C17H20FNO/c1-10-8-9-11(2)17(12(10)3)20-15-7-5-6-14(18)16(15)13(4)19/h5-9,13H,19H2,1-4H3/t13-/m0/s1. The van der Waals surface area contributed by atoms with Crippen molar-refractivity contribution in [3.05, 3.63) is 58.4 Å². The fourth-order valence-corrected chi connectivity index (χ4v) is 2.24. The number of nitrogens with two attached hydrogens (primary N) is 1. The van der Waals surface area contributed by atoms with Crippen molar-refractivity contribution in [1.82, 2.24) is 0 Å². The molecule has 0 aliphatic heterocycles. The Bertz CT molecular complexity index is 635. The molecule has 0 spiro atoms. The lowest BCUT2D eigenvalue weighted by molar-refractivity contribution is 0.454. The largest absolute Gasteiger partial charge is 0.456 e. The Kier molecular flexibility index (Phi) is 4.09. The second-order valence-corrected chi connectivity index (χ2v) is 5.20. The lowest BCUT2D eigenvalue weighted by Gasteiger charge is -2.18. The summed E-state index contributed by atoms with van der Waals surface area (Å²) in [6.45, 7) is 7.76. The molecule has 0 unspecified atom stereocenters. The first-order valence-electron chi connectivity index (χ1n) is 6.70. The molecule has 3 heteroatoms. The van der Waals surface area contributed by atoms with E-state index in [4.69, 9.17) is 10.5 Å². The third kappa shape index (κ3) is 2.68. The highest BCUT2D eigenvalue weighted by molar-refractivity contribution is 5.48. The summed E-state index contributed by atoms with van der Waals surface area (Å²) >= 11 is 0. The van der Waals surface area contributed by atoms with Crippen LogP contribution in [-0.4, -0.2) is 0 Å². The molecule has 1 atom stereocenters. The van der Waals surface area contributed by atoms with Crippen molar-refractivity contribution in [1.29, 1.82) is 0 Å². The molecule has 2 nitrogen and oxygen atoms in total. The van der Waals surface area contributed by atoms with Gasteiger partial charge in [-0.2, -0.15) is 0 Å². The molecule has 0 heterocycles. The molecule has 0 radical (unpaired) electrons. The monoisotopic (exact) mass is 273 g/mol. The molecule has 106 valence electrons. The summed E-state index contributed by atoms with van der Waals surface area (Å²) in [5, 5.41) is 0. The first-order valence-corrected chi connectivity index (χ1v) is 6.70. The van der Waals surface area contributed by atoms with Crippen molar-refractivity contribution in [2.45, 2.75) is 33.7 Å². The van der Waals surface area contributed by atoms with Gasteiger partial charge in [-0.05, 0) is 56.5 Å². The van der Waals surface area contributed by atoms with Gasteiger partial charge in [0.05, 0.1) is 0 Å². The molecule has 0 fully saturated rings. The Morgan fingerprint density at radius 2 is 1.70 bits per heavy atom. The summed E-state index contributed by atoms with van der Waals surface area (Å²) in [5.41, 5.74) is 9.49. The van der Waals surface area contributed by atoms with Crippen LogP contribution in [0.3, 0.4) is 0 Å². The summed E-state index contributed by atoms with van der Waals surface area (Å²) in [6, 6.07) is 8.43. The van der Waals surface area contributed by atoms with Crippen molar-refractivity contribution < 1.29 is 9.13 Å². The molecule has 0 aromatic heterocycles. The minimum atomic E-state index is -0.420. The maximum absolute atomic E-state index is 13.9. The quantitative estimate of drug-likeness (QED) is 0.889. The summed E-state index contributed by atoms with van der Waals surface area (Å²) in [5.74, 6) is 0.926. The van der Waals surface area contributed by atoms with Crippen LogP contribution in [0.5, 0.6) is 11.5 Å². The number of hydrogen-bond acceptors (Lipinski definition) is 2. The van der Waals surface area contributed by atoms with Gasteiger partial charge in [-0.25, -0.2) is 4.39 Å². The molecule has 0 saturated carbocycles. The maximum atomic E-state index is 13.9. The lowest BCUT2D eigenvalue weighted by atomic mass is 10.0. The zero-order chi connectivity index (χ0) is 14.9. The Labute approximate surface area is 119 Å². The number of halogens is 1. The van der Waals surface area contributed by atoms with Crippen LogP contribution >= 0.6 is 0 Å². The zero-order valence-corrected chi connectivity index (χ0v) is 12.3. The van der Waals surface area contributed by atoms with Crippen molar-refractivity contribution in [2.75, 3.05) is 0 Å². The second-order valence-electron chi connectivity index (χ2n) is 5.20. The van der Waals surface area contributed by atoms with E-state index in [-0.39, 0.29) is 5.82 Å². The third-order valence-corrected chi connectivity index (χ3v) is 3.55. The van der Waals surface area contributed by atoms with Gasteiger partial charge in [0.15, 0.2) is 0 Å². The van der Waals surface area contributed by atoms with Crippen LogP contribution < -0.4 is 10.5 Å². The Morgan fingerprint density at radius 1 is 1.05 bits per heavy atom. The highest BCUT2D eigenvalue weighted by Crippen LogP contribution is 2.35. The van der Waals surface area contributed by atoms with Gasteiger partial charge >= 0.3 is 0 Å². The van der Waals surface area contributed by atoms with Crippen LogP contribution in [0.25, 0.3) is 0 Å². The van der Waals surface area contributed by atoms with Crippen LogP contribution in [0.1, 0.15) is 35.2 Å². The van der Waals surface area contributed by atoms with Gasteiger partial charge in [0.2, 0.25) is 0 Å². The minimum Gasteiger partial charge on any atom is -0.456 e. The molecule has 2 aromatic carbocycles. The van der Waals surface area contributed by atoms with E-state index in [1.54, 1.807) is 19.1 Å². The van der Waals surface area contributed by atoms with Crippen LogP contribution in [0, 0.1) is 26.6 Å². The summed E-state index contributed by atoms with van der Waals surface area (Å²) in [6.07, 6.45) is 0. The van der Waals surface area contributed by atoms with Crippen LogP contribution in [0.15, 0.2) is 30.3 Å². The first-order chi connectivity index (χ1) is 9.41. The van der Waals surface area contributed by atoms with E-state index >= 15 is 0 Å². The van der Waals surface area contributed by atoms with Gasteiger partial charge in [-0.1, -0.05) is 18.2 Å². The highest BCUT2D eigenvalue weighted by atomic mass is 19.1. The third-order valence-electron chi connectivity index (χ3n) is 3.55. The van der Waals surface area contributed by atoms with Gasteiger partial charge < -0.3 is 10.5 Å². The predicted molar refractivity (Wildman–Crippen MR) is 79.7 cm³/mol. The molecular formula is C17H20FNO. The second kappa shape index (κ2) is 5.63. The van der Waals surface area contributed by atoms with E-state index in [0.717, 1.165) is 22.4 Å². The average molecular weight is 273 g/mol. The average Bonchev–Trinajstić information content (AvgIpc) is 2.39. The van der Waals surface area contributed by atoms with Gasteiger partial charge in [0, 0.05) is 11.6 Å². The van der Waals surface area contributed by atoms with Gasteiger partial charge in [-0.3, -0.25) is 0 Å². The zero-order valence-electron chi connectivity index (χ0n) is 12.3. The van der Waals surface area contributed by atoms with Crippen molar-refractivity contribution in [3.8, 4) is 11.5 Å². The number of aryl methyl sites for hydroxylation is 2. The minimum absolute atomic E-state index is 0.333. The summed E-state index contributed by atoms with van der Waals surface area (Å²) < 4.78 is 19.9. The number of ether oxygens (including phenoxy) is 1. The Hall–Kier alpha value is -1.87. The van der Waals surface area contributed by atoms with Crippen LogP contribution in [0.4, 0.5) is 4.39 Å². The Morgan fingerprint density at radius 3 is 2.35 bits per heavy atom. The molecule has 0 amide bonds. The fraction of sp³-hybridized carbons (Fsp3) is 0.294. The van der Waals surface area contributed by atoms with Crippen LogP contribution in [-0.2, 0) is 0 Å². The molecule has 2 N–H and O–H groups in total. The molecule has 0 aliphatic rings. The van der Waals surface area contributed by atoms with E-state index in [9.17, 15) is 4.39 Å². The maximum Gasteiger partial charge on any atom is 0.135 e. The van der Waals surface area contributed by atoms with Gasteiger partial charge in [0.1, 0.15) is 17.3 Å². The van der Waals surface area contributed by atoms with E-state index in [1.807, 2.05) is 26.8 Å². The van der Waals surface area contributed by atoms with Crippen LogP contribution in [0.2, 0.25) is 0 Å². The van der Waals surface area contributed by atoms with E-state index in [0.29, 0.717) is 11.3 Å². The smallest absolute Gasteiger partial charge is 0.135 e. The number of rotatable bonds is 3. The normalized spacial score (nSPS) is 12.3. The predicted octanol–water partition coefficient (Wildman–Crippen LogP) is 4.56. The van der Waals surface area contributed by atoms with E-state index in [1.165, 1.54) is 6.07 Å². The Balaban J connectivity index is 2.51. The highest BCUT2D eigenvalue weighted by Gasteiger charge is 2.16. The molecule has 0 aliphatic carbocycles. The van der Waals surface area contributed by atoms with E-state index < -0.39 is 6.04 Å². The summed E-state index contributed by atoms with van der Waals surface area (Å²) in [4.78, 5) is 0. The van der Waals surface area contributed by atoms with Crippen molar-refractivity contribution in [3.63, 3.8) is 0 Å². The van der Waals surface area contributed by atoms with Gasteiger partial charge in [-0.15, -0.1) is 0 Å². The molecule has 2 rings (SSSR count). The van der Waals surface area contributed by atoms with Crippen molar-refractivity contribution in [2.24, 2.45) is 5.73 Å². The lowest BCUT2D eigenvalue weighted by Crippen LogP contribution is -2.09. The number of hydrogen-bond donors (Lipinski definition) is 1. The fourth-order valence-electron chi connectivity index (χ4n) is 2.24. The SMILES string of the molecule is Cc1ccc(C)c(Oc2cccc(F)c2[C@H](C)N)c1C. The summed E-state index contributed by atoms with van der Waals surface area (Å²) in [7, 11) is 0. The number of benzene rings is 2.